The van der Waals surface area contributed by atoms with Gasteiger partial charge in [0.1, 0.15) is 146 Å². The van der Waals surface area contributed by atoms with Crippen molar-refractivity contribution < 1.29 is 153 Å². The molecule has 6 heterocycles. The molecular formula is C42H71N3O31. The molecule has 0 aromatic heterocycles. The zero-order valence-corrected chi connectivity index (χ0v) is 40.9. The van der Waals surface area contributed by atoms with Gasteiger partial charge in [-0.15, -0.1) is 0 Å². The quantitative estimate of drug-likeness (QED) is 0.0571. The van der Waals surface area contributed by atoms with E-state index in [0.29, 0.717) is 0 Å². The summed E-state index contributed by atoms with van der Waals surface area (Å²) in [7, 11) is 0. The molecule has 20 N–H and O–H groups in total. The van der Waals surface area contributed by atoms with Crippen LogP contribution in [-0.4, -0.2) is 328 Å². The molecule has 0 saturated carbocycles. The van der Waals surface area contributed by atoms with Crippen LogP contribution in [0.2, 0.25) is 0 Å². The van der Waals surface area contributed by atoms with Crippen LogP contribution in [0.15, 0.2) is 0 Å². The number of aliphatic hydroxyl groups excluding tert-OH is 17. The standard InChI is InChI=1S/C42H71N3O31/c1-10(52)43-19-25(58)32(16(7-49)66-37(19)65)73-41-30(63)35(23(56)14(5-47)68-41)75-39-21(45-12(3)54)27(60)34(18(9-51)71-39)74-42-31(64)36(24(57)15(6-48)69-42)76-38-20(44-11(2)53)26(59)33(17(8-50)70-38)72-40-29(62)28(61)22(55)13(4-46)67-40/h13-42,46-51,55-65H,4-9H2,1-3H3,(H,43,52)(H,44,53)(H,45,54)/t13-,14-,15-,16-,17-,18-,19-,20-,21-,22+,23+,24+,25-,26-,27-,28+,29+,30-,31-,32-,33-,34-,35+,36-,37-,38+,39+,40+,41+,42+/m1/s1. The number of rotatable bonds is 19. The normalized spacial score (nSPS) is 48.2. The Labute approximate surface area is 431 Å². The third kappa shape index (κ3) is 13.5. The first kappa shape index (κ1) is 62.5. The van der Waals surface area contributed by atoms with Crippen molar-refractivity contribution in [1.82, 2.24) is 16.0 Å². The van der Waals surface area contributed by atoms with Crippen LogP contribution in [-0.2, 0) is 66.5 Å². The Balaban J connectivity index is 1.21. The van der Waals surface area contributed by atoms with Gasteiger partial charge < -0.3 is 155 Å². The second-order valence-corrected chi connectivity index (χ2v) is 19.0. The van der Waals surface area contributed by atoms with Crippen molar-refractivity contribution in [3.8, 4) is 0 Å². The van der Waals surface area contributed by atoms with Gasteiger partial charge in [0.05, 0.1) is 39.6 Å². The number of ether oxygens (including phenoxy) is 11. The van der Waals surface area contributed by atoms with Crippen molar-refractivity contribution in [1.29, 1.82) is 0 Å². The number of carbonyl (C=O) groups is 3. The topological polar surface area (TPSA) is 533 Å². The van der Waals surface area contributed by atoms with Gasteiger partial charge in [0, 0.05) is 20.8 Å². The first-order valence-corrected chi connectivity index (χ1v) is 24.1. The second-order valence-electron chi connectivity index (χ2n) is 19.0. The Kier molecular flexibility index (Phi) is 22.3. The summed E-state index contributed by atoms with van der Waals surface area (Å²) in [5, 5.41) is 190. The lowest BCUT2D eigenvalue weighted by Gasteiger charge is -2.51. The van der Waals surface area contributed by atoms with Gasteiger partial charge in [-0.25, -0.2) is 0 Å². The Bertz CT molecular complexity index is 1870. The maximum atomic E-state index is 12.6. The number of hydrogen-bond donors (Lipinski definition) is 20. The Morgan fingerprint density at radius 3 is 0.934 bits per heavy atom. The fourth-order valence-corrected chi connectivity index (χ4v) is 9.73. The van der Waals surface area contributed by atoms with Crippen molar-refractivity contribution in [2.24, 2.45) is 0 Å². The molecule has 34 nitrogen and oxygen atoms in total. The van der Waals surface area contributed by atoms with E-state index in [4.69, 9.17) is 52.1 Å². The van der Waals surface area contributed by atoms with Gasteiger partial charge in [0.2, 0.25) is 17.7 Å². The van der Waals surface area contributed by atoms with Crippen LogP contribution in [0.4, 0.5) is 0 Å². The van der Waals surface area contributed by atoms with E-state index in [9.17, 15) is 101 Å². The second kappa shape index (κ2) is 27.2. The maximum Gasteiger partial charge on any atom is 0.217 e. The molecule has 6 fully saturated rings. The number of carbonyl (C=O) groups excluding carboxylic acids is 3. The molecular weight excluding hydrogens is 1040 g/mol. The molecule has 76 heavy (non-hydrogen) atoms. The fourth-order valence-electron chi connectivity index (χ4n) is 9.73. The Hall–Kier alpha value is -2.71. The van der Waals surface area contributed by atoms with Crippen LogP contribution in [0.5, 0.6) is 0 Å². The van der Waals surface area contributed by atoms with E-state index in [2.05, 4.69) is 16.0 Å². The molecule has 6 rings (SSSR count). The van der Waals surface area contributed by atoms with Crippen molar-refractivity contribution in [3.63, 3.8) is 0 Å². The Morgan fingerprint density at radius 2 is 0.592 bits per heavy atom. The van der Waals surface area contributed by atoms with Crippen LogP contribution in [0, 0.1) is 0 Å². The molecule has 30 atom stereocenters. The monoisotopic (exact) mass is 1110 g/mol. The summed E-state index contributed by atoms with van der Waals surface area (Å²) < 4.78 is 63.0. The summed E-state index contributed by atoms with van der Waals surface area (Å²) >= 11 is 0. The minimum absolute atomic E-state index is 0.713. The lowest BCUT2D eigenvalue weighted by atomic mass is 9.93. The number of hydrogen-bond acceptors (Lipinski definition) is 31. The lowest BCUT2D eigenvalue weighted by Crippen LogP contribution is -2.71. The predicted molar refractivity (Wildman–Crippen MR) is 234 cm³/mol. The fraction of sp³-hybridized carbons (Fsp3) is 0.929. The summed E-state index contributed by atoms with van der Waals surface area (Å²) in [6.45, 7) is -2.75. The van der Waals surface area contributed by atoms with Gasteiger partial charge in [-0.1, -0.05) is 0 Å². The summed E-state index contributed by atoms with van der Waals surface area (Å²) in [6.07, 6.45) is -50.9. The van der Waals surface area contributed by atoms with Crippen molar-refractivity contribution in [3.05, 3.63) is 0 Å². The SMILES string of the molecule is CC(=O)N[C@@H]1[C@@H](O)[C@H](O[C@@H]2O[C@H](CO)[C@H](O)[C@H](O[C@@H]3O[C@H](CO)[C@@H](O[C@@H]4O[C@H](CO)[C@H](O)[C@@H](O[C@@H]5O[C@H](CO)[C@@H](O[C@@H]6O[C@H](CO)[C@H](O)[C@H](O)[C@@H]6O)[C@H](O)[C@H]5NC(C)=O)[C@H]4O)[C@H](O)[C@H]3NC(C)=O)[C@H]2O)[C@@H](CO)O[C@H]1O. The molecule has 0 aliphatic carbocycles. The van der Waals surface area contributed by atoms with E-state index in [1.807, 2.05) is 0 Å². The molecule has 0 spiro atoms. The van der Waals surface area contributed by atoms with E-state index >= 15 is 0 Å². The lowest BCUT2D eigenvalue weighted by molar-refractivity contribution is -0.385. The first-order chi connectivity index (χ1) is 35.9. The molecule has 0 radical (unpaired) electrons. The highest BCUT2D eigenvalue weighted by molar-refractivity contribution is 5.74. The van der Waals surface area contributed by atoms with Gasteiger partial charge in [0.15, 0.2) is 37.7 Å². The highest BCUT2D eigenvalue weighted by Crippen LogP contribution is 2.37. The van der Waals surface area contributed by atoms with Crippen LogP contribution in [0.1, 0.15) is 20.8 Å². The van der Waals surface area contributed by atoms with E-state index < -0.39 is 241 Å². The zero-order valence-electron chi connectivity index (χ0n) is 40.9. The van der Waals surface area contributed by atoms with Crippen LogP contribution in [0.3, 0.4) is 0 Å². The number of amides is 3. The minimum atomic E-state index is -2.22. The van der Waals surface area contributed by atoms with Gasteiger partial charge in [-0.2, -0.15) is 0 Å². The average Bonchev–Trinajstić information content (AvgIpc) is 3.38. The van der Waals surface area contributed by atoms with Gasteiger partial charge in [-0.3, -0.25) is 14.4 Å². The first-order valence-electron chi connectivity index (χ1n) is 24.1. The molecule has 0 bridgehead atoms. The molecule has 6 aliphatic rings. The zero-order chi connectivity index (χ0) is 56.2. The van der Waals surface area contributed by atoms with E-state index in [0.717, 1.165) is 20.8 Å². The summed E-state index contributed by atoms with van der Waals surface area (Å²) in [5.41, 5.74) is 0. The van der Waals surface area contributed by atoms with Crippen LogP contribution >= 0.6 is 0 Å². The largest absolute Gasteiger partial charge is 0.394 e. The average molecular weight is 1110 g/mol. The summed E-state index contributed by atoms with van der Waals surface area (Å²) in [5.74, 6) is -2.41. The smallest absolute Gasteiger partial charge is 0.217 e. The van der Waals surface area contributed by atoms with Crippen LogP contribution in [0.25, 0.3) is 0 Å². The molecule has 6 aliphatic heterocycles. The van der Waals surface area contributed by atoms with Crippen molar-refractivity contribution >= 4 is 17.7 Å². The molecule has 440 valence electrons. The van der Waals surface area contributed by atoms with Crippen molar-refractivity contribution in [2.75, 3.05) is 39.6 Å². The van der Waals surface area contributed by atoms with Gasteiger partial charge in [0.25, 0.3) is 0 Å². The summed E-state index contributed by atoms with van der Waals surface area (Å²) in [6, 6.07) is -5.08. The highest BCUT2D eigenvalue weighted by atomic mass is 16.8. The van der Waals surface area contributed by atoms with Crippen molar-refractivity contribution in [2.45, 2.75) is 205 Å². The highest BCUT2D eigenvalue weighted by Gasteiger charge is 2.58. The van der Waals surface area contributed by atoms with Gasteiger partial charge >= 0.3 is 0 Å². The van der Waals surface area contributed by atoms with Gasteiger partial charge in [-0.05, 0) is 0 Å². The number of nitrogens with one attached hydrogen (secondary N) is 3. The van der Waals surface area contributed by atoms with Crippen LogP contribution < -0.4 is 16.0 Å². The van der Waals surface area contributed by atoms with E-state index in [-0.39, 0.29) is 0 Å². The molecule has 0 aromatic carbocycles. The molecule has 6 saturated heterocycles. The predicted octanol–water partition coefficient (Wildman–Crippen LogP) is -13.7. The maximum absolute atomic E-state index is 12.6. The third-order valence-corrected chi connectivity index (χ3v) is 13.6. The van der Waals surface area contributed by atoms with E-state index in [1.54, 1.807) is 0 Å². The molecule has 34 heteroatoms. The molecule has 3 amide bonds. The Morgan fingerprint density at radius 1 is 0.316 bits per heavy atom. The minimum Gasteiger partial charge on any atom is -0.394 e. The number of aliphatic hydroxyl groups is 17. The molecule has 0 aromatic rings. The summed E-state index contributed by atoms with van der Waals surface area (Å²) in [4.78, 5) is 36.9. The third-order valence-electron chi connectivity index (χ3n) is 13.6. The molecule has 0 unspecified atom stereocenters. The van der Waals surface area contributed by atoms with E-state index in [1.165, 1.54) is 0 Å².